The standard InChI is InChI=1S/C6H6F6O/c1-13-4(2-5(7,8)9)3-6(10,11)12/h2H,3H2,1H3/b4-2-. The third-order valence-electron chi connectivity index (χ3n) is 0.962. The van der Waals surface area contributed by atoms with Crippen molar-refractivity contribution in [2.45, 2.75) is 18.8 Å². The van der Waals surface area contributed by atoms with Gasteiger partial charge >= 0.3 is 12.4 Å². The van der Waals surface area contributed by atoms with Gasteiger partial charge in [-0.25, -0.2) is 0 Å². The number of allylic oxidation sites excluding steroid dienone is 2. The van der Waals surface area contributed by atoms with Gasteiger partial charge in [0.15, 0.2) is 0 Å². The highest BCUT2D eigenvalue weighted by molar-refractivity contribution is 4.99. The molecule has 0 saturated heterocycles. The predicted octanol–water partition coefficient (Wildman–Crippen LogP) is 3.03. The van der Waals surface area contributed by atoms with Crippen molar-refractivity contribution in [2.24, 2.45) is 0 Å². The van der Waals surface area contributed by atoms with Gasteiger partial charge in [0.2, 0.25) is 0 Å². The summed E-state index contributed by atoms with van der Waals surface area (Å²) in [6.07, 6.45) is -11.7. The molecular formula is C6H6F6O. The van der Waals surface area contributed by atoms with Gasteiger partial charge in [0, 0.05) is 0 Å². The topological polar surface area (TPSA) is 9.23 Å². The minimum atomic E-state index is -4.80. The Morgan fingerprint density at radius 3 is 1.85 bits per heavy atom. The third kappa shape index (κ3) is 7.48. The Labute approximate surface area is 70.0 Å². The van der Waals surface area contributed by atoms with Gasteiger partial charge in [0.25, 0.3) is 0 Å². The van der Waals surface area contributed by atoms with Gasteiger partial charge in [-0.3, -0.25) is 0 Å². The Hall–Kier alpha value is -0.880. The number of alkyl halides is 6. The van der Waals surface area contributed by atoms with Crippen molar-refractivity contribution in [3.05, 3.63) is 11.8 Å². The summed E-state index contributed by atoms with van der Waals surface area (Å²) in [6.45, 7) is 0. The largest absolute Gasteiger partial charge is 0.501 e. The van der Waals surface area contributed by atoms with Crippen LogP contribution in [0, 0.1) is 0 Å². The molecule has 0 radical (unpaired) electrons. The zero-order chi connectivity index (χ0) is 10.7. The lowest BCUT2D eigenvalue weighted by Gasteiger charge is -2.10. The first-order chi connectivity index (χ1) is 5.64. The Morgan fingerprint density at radius 2 is 1.62 bits per heavy atom. The molecule has 0 aliphatic heterocycles. The number of hydrogen-bond acceptors (Lipinski definition) is 1. The second kappa shape index (κ2) is 3.89. The molecule has 13 heavy (non-hydrogen) atoms. The van der Waals surface area contributed by atoms with Crippen LogP contribution in [0.2, 0.25) is 0 Å². The molecule has 0 aromatic heterocycles. The lowest BCUT2D eigenvalue weighted by atomic mass is 10.3. The lowest BCUT2D eigenvalue weighted by Crippen LogP contribution is -2.12. The molecule has 0 aliphatic carbocycles. The highest BCUT2D eigenvalue weighted by atomic mass is 19.4. The summed E-state index contributed by atoms with van der Waals surface area (Å²) in [7, 11) is 0.753. The molecule has 0 saturated carbocycles. The highest BCUT2D eigenvalue weighted by Crippen LogP contribution is 2.28. The molecule has 7 heteroatoms. The number of ether oxygens (including phenoxy) is 1. The summed E-state index contributed by atoms with van der Waals surface area (Å²) >= 11 is 0. The van der Waals surface area contributed by atoms with Gasteiger partial charge in [0.05, 0.1) is 13.2 Å². The molecule has 0 amide bonds. The summed E-state index contributed by atoms with van der Waals surface area (Å²) in [6, 6.07) is 0. The highest BCUT2D eigenvalue weighted by Gasteiger charge is 2.33. The third-order valence-corrected chi connectivity index (χ3v) is 0.962. The van der Waals surface area contributed by atoms with Crippen molar-refractivity contribution in [3.63, 3.8) is 0 Å². The SMILES string of the molecule is CO/C(=C\C(F)(F)F)CC(F)(F)F. The summed E-state index contributed by atoms with van der Waals surface area (Å²) < 4.78 is 73.3. The van der Waals surface area contributed by atoms with E-state index >= 15 is 0 Å². The Kier molecular flexibility index (Phi) is 3.62. The van der Waals surface area contributed by atoms with Crippen molar-refractivity contribution in [1.29, 1.82) is 0 Å². The van der Waals surface area contributed by atoms with E-state index in [0.29, 0.717) is 0 Å². The molecule has 0 bridgehead atoms. The van der Waals surface area contributed by atoms with Gasteiger partial charge in [-0.15, -0.1) is 0 Å². The molecule has 0 aliphatic rings. The summed E-state index contributed by atoms with van der Waals surface area (Å²) in [5.74, 6) is -1.15. The lowest BCUT2D eigenvalue weighted by molar-refractivity contribution is -0.135. The molecule has 0 fully saturated rings. The van der Waals surface area contributed by atoms with Crippen molar-refractivity contribution in [2.75, 3.05) is 7.11 Å². The zero-order valence-electron chi connectivity index (χ0n) is 6.46. The second-order valence-electron chi connectivity index (χ2n) is 2.15. The summed E-state index contributed by atoms with van der Waals surface area (Å²) in [5.41, 5.74) is 0. The van der Waals surface area contributed by atoms with E-state index < -0.39 is 30.6 Å². The van der Waals surface area contributed by atoms with E-state index in [4.69, 9.17) is 0 Å². The number of rotatable bonds is 2. The maximum Gasteiger partial charge on any atom is 0.412 e. The van der Waals surface area contributed by atoms with E-state index in [1.807, 2.05) is 0 Å². The van der Waals surface area contributed by atoms with Gasteiger partial charge in [0.1, 0.15) is 12.2 Å². The van der Waals surface area contributed by atoms with Crippen LogP contribution in [0.1, 0.15) is 6.42 Å². The van der Waals surface area contributed by atoms with Crippen LogP contribution >= 0.6 is 0 Å². The molecule has 0 N–H and O–H groups in total. The fourth-order valence-electron chi connectivity index (χ4n) is 0.562. The molecule has 0 spiro atoms. The number of hydrogen-bond donors (Lipinski definition) is 0. The Morgan fingerprint density at radius 1 is 1.15 bits per heavy atom. The van der Waals surface area contributed by atoms with Crippen LogP contribution in [-0.2, 0) is 4.74 Å². The molecule has 0 aromatic rings. The van der Waals surface area contributed by atoms with Crippen LogP contribution in [0.15, 0.2) is 11.8 Å². The van der Waals surface area contributed by atoms with E-state index in [2.05, 4.69) is 4.74 Å². The first-order valence-electron chi connectivity index (χ1n) is 3.03. The maximum absolute atomic E-state index is 11.6. The van der Waals surface area contributed by atoms with Crippen molar-refractivity contribution in [3.8, 4) is 0 Å². The van der Waals surface area contributed by atoms with Gasteiger partial charge in [-0.2, -0.15) is 26.3 Å². The first kappa shape index (κ1) is 12.1. The minimum absolute atomic E-state index is 0.513. The monoisotopic (exact) mass is 208 g/mol. The van der Waals surface area contributed by atoms with Gasteiger partial charge < -0.3 is 4.74 Å². The number of methoxy groups -OCH3 is 1. The average molecular weight is 208 g/mol. The number of halogens is 6. The summed E-state index contributed by atoms with van der Waals surface area (Å²) in [4.78, 5) is 0. The Balaban J connectivity index is 4.45. The molecule has 0 heterocycles. The second-order valence-corrected chi connectivity index (χ2v) is 2.15. The molecule has 0 atom stereocenters. The molecule has 0 unspecified atom stereocenters. The van der Waals surface area contributed by atoms with E-state index in [-0.39, 0.29) is 0 Å². The van der Waals surface area contributed by atoms with Crippen molar-refractivity contribution < 1.29 is 31.1 Å². The molecule has 1 nitrogen and oxygen atoms in total. The smallest absolute Gasteiger partial charge is 0.412 e. The predicted molar refractivity (Wildman–Crippen MR) is 31.8 cm³/mol. The minimum Gasteiger partial charge on any atom is -0.501 e. The zero-order valence-corrected chi connectivity index (χ0v) is 6.46. The van der Waals surface area contributed by atoms with Crippen LogP contribution in [0.25, 0.3) is 0 Å². The van der Waals surface area contributed by atoms with E-state index in [1.165, 1.54) is 0 Å². The van der Waals surface area contributed by atoms with E-state index in [9.17, 15) is 26.3 Å². The van der Waals surface area contributed by atoms with Crippen LogP contribution in [0.4, 0.5) is 26.3 Å². The normalized spacial score (nSPS) is 14.5. The van der Waals surface area contributed by atoms with Crippen molar-refractivity contribution in [1.82, 2.24) is 0 Å². The fourth-order valence-corrected chi connectivity index (χ4v) is 0.562. The Bertz CT molecular complexity index is 188. The molecule has 0 aromatic carbocycles. The first-order valence-corrected chi connectivity index (χ1v) is 3.03. The van der Waals surface area contributed by atoms with E-state index in [0.717, 1.165) is 7.11 Å². The van der Waals surface area contributed by atoms with Crippen LogP contribution < -0.4 is 0 Å². The molecular weight excluding hydrogens is 202 g/mol. The van der Waals surface area contributed by atoms with Gasteiger partial charge in [-0.1, -0.05) is 0 Å². The van der Waals surface area contributed by atoms with Crippen LogP contribution in [0.3, 0.4) is 0 Å². The fraction of sp³-hybridized carbons (Fsp3) is 0.667. The van der Waals surface area contributed by atoms with Crippen LogP contribution in [-0.4, -0.2) is 19.5 Å². The van der Waals surface area contributed by atoms with Crippen LogP contribution in [0.5, 0.6) is 0 Å². The summed E-state index contributed by atoms with van der Waals surface area (Å²) in [5, 5.41) is 0. The molecule has 0 rings (SSSR count). The molecule has 78 valence electrons. The van der Waals surface area contributed by atoms with E-state index in [1.54, 1.807) is 0 Å². The average Bonchev–Trinajstić information content (AvgIpc) is 1.79. The quantitative estimate of drug-likeness (QED) is 0.500. The van der Waals surface area contributed by atoms with Crippen molar-refractivity contribution >= 4 is 0 Å². The maximum atomic E-state index is 11.6. The van der Waals surface area contributed by atoms with Gasteiger partial charge in [-0.05, 0) is 0 Å².